The summed E-state index contributed by atoms with van der Waals surface area (Å²) < 4.78 is 0. The Hall–Kier alpha value is -1.13. The van der Waals surface area contributed by atoms with E-state index in [0.717, 1.165) is 0 Å². The number of hydrogen-bond acceptors (Lipinski definition) is 3. The number of aliphatic hydroxyl groups is 1. The highest BCUT2D eigenvalue weighted by Gasteiger charge is 2.19. The van der Waals surface area contributed by atoms with Gasteiger partial charge in [-0.3, -0.25) is 10.1 Å². The van der Waals surface area contributed by atoms with Gasteiger partial charge in [-0.25, -0.2) is 0 Å². The van der Waals surface area contributed by atoms with Gasteiger partial charge in [0.05, 0.1) is 11.0 Å². The molecule has 0 radical (unpaired) electrons. The van der Waals surface area contributed by atoms with Crippen molar-refractivity contribution >= 4 is 17.3 Å². The van der Waals surface area contributed by atoms with Crippen LogP contribution in [0, 0.1) is 16.0 Å². The molecule has 0 amide bonds. The van der Waals surface area contributed by atoms with Crippen LogP contribution in [0.4, 0.5) is 5.69 Å². The molecule has 0 saturated carbocycles. The topological polar surface area (TPSA) is 63.4 Å². The molecule has 0 saturated heterocycles. The maximum absolute atomic E-state index is 10.9. The van der Waals surface area contributed by atoms with Gasteiger partial charge in [0.1, 0.15) is 0 Å². The molecule has 0 heterocycles. The monoisotopic (exact) mass is 257 g/mol. The van der Waals surface area contributed by atoms with Gasteiger partial charge in [0.25, 0.3) is 5.69 Å². The first-order chi connectivity index (χ1) is 7.95. The van der Waals surface area contributed by atoms with Crippen molar-refractivity contribution in [2.45, 2.75) is 32.8 Å². The molecule has 2 atom stereocenters. The van der Waals surface area contributed by atoms with Gasteiger partial charge in [0, 0.05) is 16.7 Å². The summed E-state index contributed by atoms with van der Waals surface area (Å²) in [5.41, 5.74) is 0.632. The van der Waals surface area contributed by atoms with Crippen LogP contribution < -0.4 is 0 Å². The Labute approximate surface area is 105 Å². The Morgan fingerprint density at radius 2 is 2.18 bits per heavy atom. The number of hydrogen-bond donors (Lipinski definition) is 1. The maximum Gasteiger partial charge on any atom is 0.274 e. The molecule has 1 aromatic rings. The second kappa shape index (κ2) is 5.98. The molecule has 0 fully saturated rings. The second-order valence-electron chi connectivity index (χ2n) is 4.19. The summed E-state index contributed by atoms with van der Waals surface area (Å²) in [6.45, 7) is 3.77. The average Bonchev–Trinajstić information content (AvgIpc) is 2.29. The van der Waals surface area contributed by atoms with E-state index in [-0.39, 0.29) is 11.6 Å². The predicted molar refractivity (Wildman–Crippen MR) is 67.3 cm³/mol. The van der Waals surface area contributed by atoms with Crippen molar-refractivity contribution in [1.82, 2.24) is 0 Å². The summed E-state index contributed by atoms with van der Waals surface area (Å²) in [6, 6.07) is 4.64. The van der Waals surface area contributed by atoms with Crippen LogP contribution >= 0.6 is 11.6 Å². The molecule has 1 aromatic carbocycles. The highest BCUT2D eigenvalue weighted by Crippen LogP contribution is 2.26. The Morgan fingerprint density at radius 1 is 1.53 bits per heavy atom. The first-order valence-corrected chi connectivity index (χ1v) is 5.94. The molecule has 94 valence electrons. The zero-order valence-corrected chi connectivity index (χ0v) is 10.6. The number of nitrogens with zero attached hydrogens (tertiary/aromatic N) is 1. The molecule has 1 N–H and O–H groups in total. The molecular weight excluding hydrogens is 242 g/mol. The minimum atomic E-state index is -0.440. The molecule has 0 aliphatic rings. The molecule has 0 bridgehead atoms. The summed E-state index contributed by atoms with van der Waals surface area (Å²) in [5, 5.41) is 20.9. The number of nitro groups is 1. The van der Waals surface area contributed by atoms with Crippen molar-refractivity contribution in [2.75, 3.05) is 0 Å². The Bertz CT molecular complexity index is 409. The van der Waals surface area contributed by atoms with Gasteiger partial charge in [-0.1, -0.05) is 31.5 Å². The highest BCUT2D eigenvalue weighted by molar-refractivity contribution is 6.30. The molecule has 5 heteroatoms. The second-order valence-corrected chi connectivity index (χ2v) is 4.62. The van der Waals surface area contributed by atoms with E-state index in [9.17, 15) is 15.2 Å². The molecule has 0 spiro atoms. The zero-order valence-electron chi connectivity index (χ0n) is 9.89. The lowest BCUT2D eigenvalue weighted by atomic mass is 9.93. The van der Waals surface area contributed by atoms with Gasteiger partial charge < -0.3 is 5.11 Å². The fourth-order valence-corrected chi connectivity index (χ4v) is 1.93. The minimum Gasteiger partial charge on any atom is -0.393 e. The Balaban J connectivity index is 2.94. The number of rotatable bonds is 5. The SMILES string of the molecule is CCC(O)C(C)Cc1ccc(Cl)cc1[N+](=O)[O-]. The lowest BCUT2D eigenvalue weighted by Crippen LogP contribution is -2.19. The van der Waals surface area contributed by atoms with Crippen LogP contribution in [0.5, 0.6) is 0 Å². The quantitative estimate of drug-likeness (QED) is 0.651. The van der Waals surface area contributed by atoms with Gasteiger partial charge in [-0.2, -0.15) is 0 Å². The molecule has 4 nitrogen and oxygen atoms in total. The largest absolute Gasteiger partial charge is 0.393 e. The summed E-state index contributed by atoms with van der Waals surface area (Å²) in [6.07, 6.45) is 0.677. The van der Waals surface area contributed by atoms with E-state index in [0.29, 0.717) is 23.4 Å². The number of halogens is 1. The highest BCUT2D eigenvalue weighted by atomic mass is 35.5. The maximum atomic E-state index is 10.9. The smallest absolute Gasteiger partial charge is 0.274 e. The van der Waals surface area contributed by atoms with Gasteiger partial charge in [0.15, 0.2) is 0 Å². The van der Waals surface area contributed by atoms with Crippen LogP contribution in [0.25, 0.3) is 0 Å². The van der Waals surface area contributed by atoms with Crippen molar-refractivity contribution in [3.05, 3.63) is 38.9 Å². The summed E-state index contributed by atoms with van der Waals surface area (Å²) in [4.78, 5) is 10.4. The lowest BCUT2D eigenvalue weighted by Gasteiger charge is -2.17. The fourth-order valence-electron chi connectivity index (χ4n) is 1.76. The molecule has 0 aliphatic heterocycles. The standard InChI is InChI=1S/C12H16ClNO3/c1-3-12(15)8(2)6-9-4-5-10(13)7-11(9)14(16)17/h4-5,7-8,12,15H,3,6H2,1-2H3. The Morgan fingerprint density at radius 3 is 2.71 bits per heavy atom. The number of nitro benzene ring substituents is 1. The van der Waals surface area contributed by atoms with Crippen molar-refractivity contribution in [2.24, 2.45) is 5.92 Å². The third-order valence-electron chi connectivity index (χ3n) is 2.86. The van der Waals surface area contributed by atoms with E-state index in [1.807, 2.05) is 13.8 Å². The lowest BCUT2D eigenvalue weighted by molar-refractivity contribution is -0.385. The van der Waals surface area contributed by atoms with Crippen LogP contribution in [0.15, 0.2) is 18.2 Å². The van der Waals surface area contributed by atoms with Crippen LogP contribution in [-0.4, -0.2) is 16.1 Å². The molecule has 0 aliphatic carbocycles. The van der Waals surface area contributed by atoms with E-state index in [1.54, 1.807) is 12.1 Å². The third kappa shape index (κ3) is 3.68. The van der Waals surface area contributed by atoms with E-state index in [4.69, 9.17) is 11.6 Å². The van der Waals surface area contributed by atoms with E-state index in [1.165, 1.54) is 6.07 Å². The number of aliphatic hydroxyl groups excluding tert-OH is 1. The average molecular weight is 258 g/mol. The first-order valence-electron chi connectivity index (χ1n) is 5.56. The Kier molecular flexibility index (Phi) is 4.90. The molecular formula is C12H16ClNO3. The summed E-state index contributed by atoms with van der Waals surface area (Å²) >= 11 is 5.73. The van der Waals surface area contributed by atoms with Crippen LogP contribution in [0.1, 0.15) is 25.8 Å². The summed E-state index contributed by atoms with van der Waals surface area (Å²) in [5.74, 6) is -0.0140. The van der Waals surface area contributed by atoms with E-state index in [2.05, 4.69) is 0 Å². The van der Waals surface area contributed by atoms with Gasteiger partial charge in [-0.15, -0.1) is 0 Å². The van der Waals surface area contributed by atoms with Crippen LogP contribution in [0.2, 0.25) is 5.02 Å². The molecule has 0 aromatic heterocycles. The fraction of sp³-hybridized carbons (Fsp3) is 0.500. The first kappa shape index (κ1) is 13.9. The molecule has 1 rings (SSSR count). The van der Waals surface area contributed by atoms with Gasteiger partial charge >= 0.3 is 0 Å². The predicted octanol–water partition coefficient (Wildman–Crippen LogP) is 3.20. The van der Waals surface area contributed by atoms with Crippen molar-refractivity contribution in [3.8, 4) is 0 Å². The normalized spacial score (nSPS) is 14.4. The van der Waals surface area contributed by atoms with E-state index < -0.39 is 11.0 Å². The molecule has 2 unspecified atom stereocenters. The van der Waals surface area contributed by atoms with Gasteiger partial charge in [0.2, 0.25) is 0 Å². The van der Waals surface area contributed by atoms with Crippen molar-refractivity contribution in [3.63, 3.8) is 0 Å². The van der Waals surface area contributed by atoms with E-state index >= 15 is 0 Å². The van der Waals surface area contributed by atoms with Gasteiger partial charge in [-0.05, 0) is 24.8 Å². The molecule has 17 heavy (non-hydrogen) atoms. The van der Waals surface area contributed by atoms with Crippen molar-refractivity contribution < 1.29 is 10.0 Å². The third-order valence-corrected chi connectivity index (χ3v) is 3.10. The number of benzene rings is 1. The van der Waals surface area contributed by atoms with Crippen LogP contribution in [-0.2, 0) is 6.42 Å². The minimum absolute atomic E-state index is 0.0140. The van der Waals surface area contributed by atoms with Crippen LogP contribution in [0.3, 0.4) is 0 Å². The van der Waals surface area contributed by atoms with Crippen molar-refractivity contribution in [1.29, 1.82) is 0 Å². The summed E-state index contributed by atoms with van der Waals surface area (Å²) in [7, 11) is 0. The zero-order chi connectivity index (χ0) is 13.0.